The maximum atomic E-state index is 4.30. The highest BCUT2D eigenvalue weighted by molar-refractivity contribution is 5.65. The van der Waals surface area contributed by atoms with Crippen LogP contribution in [0.4, 0.5) is 5.69 Å². The number of pyridine rings is 1. The lowest BCUT2D eigenvalue weighted by Crippen LogP contribution is -1.96. The molecule has 2 rings (SSSR count). The van der Waals surface area contributed by atoms with Crippen LogP contribution in [-0.2, 0) is 0 Å². The molecular weight excluding hydrogens is 220 g/mol. The third kappa shape index (κ3) is 3.32. The molecule has 1 aromatic carbocycles. The zero-order valence-corrected chi connectivity index (χ0v) is 10.4. The Morgan fingerprint density at radius 1 is 1.11 bits per heavy atom. The fourth-order valence-electron chi connectivity index (χ4n) is 1.67. The second kappa shape index (κ2) is 5.82. The quantitative estimate of drug-likeness (QED) is 0.808. The number of benzene rings is 1. The average Bonchev–Trinajstić information content (AvgIpc) is 2.40. The third-order valence-corrected chi connectivity index (χ3v) is 2.54. The van der Waals surface area contributed by atoms with E-state index in [0.717, 1.165) is 22.7 Å². The monoisotopic (exact) mass is 236 g/mol. The number of anilines is 1. The highest BCUT2D eigenvalue weighted by Crippen LogP contribution is 2.14. The molecule has 1 N–H and O–H groups in total. The smallest absolute Gasteiger partial charge is 0.0659 e. The van der Waals surface area contributed by atoms with Crippen molar-refractivity contribution >= 4 is 11.3 Å². The van der Waals surface area contributed by atoms with Gasteiger partial charge in [-0.1, -0.05) is 30.8 Å². The Labute approximate surface area is 108 Å². The molecule has 2 aromatic rings. The standard InChI is InChI=1S/C16H16N2/c1-13(16-10-6-7-11-17-16)12-14(2)18-15-8-4-3-5-9-15/h3-12,18H,2H2,1H3/b13-12+. The van der Waals surface area contributed by atoms with E-state index in [2.05, 4.69) is 16.9 Å². The van der Waals surface area contributed by atoms with Crippen molar-refractivity contribution in [2.45, 2.75) is 6.92 Å². The fourth-order valence-corrected chi connectivity index (χ4v) is 1.67. The highest BCUT2D eigenvalue weighted by Gasteiger charge is 1.97. The SMILES string of the molecule is C=C(/C=C(\C)c1ccccn1)Nc1ccccc1. The number of hydrogen-bond acceptors (Lipinski definition) is 2. The number of hydrogen-bond donors (Lipinski definition) is 1. The van der Waals surface area contributed by atoms with E-state index < -0.39 is 0 Å². The Bertz CT molecular complexity index is 542. The van der Waals surface area contributed by atoms with Crippen LogP contribution in [-0.4, -0.2) is 4.98 Å². The lowest BCUT2D eigenvalue weighted by Gasteiger charge is -2.07. The zero-order valence-electron chi connectivity index (χ0n) is 10.4. The largest absolute Gasteiger partial charge is 0.356 e. The number of aromatic nitrogens is 1. The van der Waals surface area contributed by atoms with Gasteiger partial charge in [-0.3, -0.25) is 4.98 Å². The molecule has 90 valence electrons. The summed E-state index contributed by atoms with van der Waals surface area (Å²) in [6.45, 7) is 6.03. The summed E-state index contributed by atoms with van der Waals surface area (Å²) in [5, 5.41) is 3.24. The fraction of sp³-hybridized carbons (Fsp3) is 0.0625. The lowest BCUT2D eigenvalue weighted by molar-refractivity contribution is 1.26. The van der Waals surface area contributed by atoms with E-state index in [1.54, 1.807) is 6.20 Å². The molecule has 0 amide bonds. The molecule has 0 saturated heterocycles. The number of para-hydroxylation sites is 1. The molecule has 0 aliphatic carbocycles. The van der Waals surface area contributed by atoms with Crippen LogP contribution in [0.3, 0.4) is 0 Å². The molecule has 2 heteroatoms. The van der Waals surface area contributed by atoms with Gasteiger partial charge in [0, 0.05) is 17.6 Å². The van der Waals surface area contributed by atoms with Gasteiger partial charge in [-0.15, -0.1) is 0 Å². The van der Waals surface area contributed by atoms with Crippen LogP contribution >= 0.6 is 0 Å². The Hall–Kier alpha value is -2.35. The van der Waals surface area contributed by atoms with Crippen LogP contribution in [0.5, 0.6) is 0 Å². The van der Waals surface area contributed by atoms with Crippen molar-refractivity contribution in [2.75, 3.05) is 5.32 Å². The van der Waals surface area contributed by atoms with E-state index >= 15 is 0 Å². The molecule has 2 nitrogen and oxygen atoms in total. The number of nitrogens with zero attached hydrogens (tertiary/aromatic N) is 1. The second-order valence-corrected chi connectivity index (χ2v) is 4.06. The zero-order chi connectivity index (χ0) is 12.8. The van der Waals surface area contributed by atoms with Crippen molar-refractivity contribution in [1.82, 2.24) is 4.98 Å². The van der Waals surface area contributed by atoms with Gasteiger partial charge in [0.1, 0.15) is 0 Å². The summed E-state index contributed by atoms with van der Waals surface area (Å²) in [6, 6.07) is 15.9. The maximum Gasteiger partial charge on any atom is 0.0659 e. The summed E-state index contributed by atoms with van der Waals surface area (Å²) in [4.78, 5) is 4.30. The van der Waals surface area contributed by atoms with Crippen molar-refractivity contribution in [3.63, 3.8) is 0 Å². The van der Waals surface area contributed by atoms with Crippen molar-refractivity contribution in [1.29, 1.82) is 0 Å². The summed E-state index contributed by atoms with van der Waals surface area (Å²) in [5.41, 5.74) is 3.94. The normalized spacial score (nSPS) is 11.1. The van der Waals surface area contributed by atoms with Crippen molar-refractivity contribution in [3.8, 4) is 0 Å². The van der Waals surface area contributed by atoms with Crippen molar-refractivity contribution in [2.24, 2.45) is 0 Å². The van der Waals surface area contributed by atoms with Gasteiger partial charge in [0.15, 0.2) is 0 Å². The van der Waals surface area contributed by atoms with Crippen molar-refractivity contribution in [3.05, 3.63) is 78.8 Å². The Morgan fingerprint density at radius 2 is 1.83 bits per heavy atom. The molecule has 1 heterocycles. The van der Waals surface area contributed by atoms with Crippen LogP contribution < -0.4 is 5.32 Å². The minimum Gasteiger partial charge on any atom is -0.356 e. The van der Waals surface area contributed by atoms with Crippen LogP contribution in [0, 0.1) is 0 Å². The first-order chi connectivity index (χ1) is 8.75. The molecule has 0 aliphatic rings. The number of allylic oxidation sites excluding steroid dienone is 2. The Morgan fingerprint density at radius 3 is 2.50 bits per heavy atom. The maximum absolute atomic E-state index is 4.30. The van der Waals surface area contributed by atoms with Crippen LogP contribution in [0.2, 0.25) is 0 Å². The average molecular weight is 236 g/mol. The van der Waals surface area contributed by atoms with E-state index in [9.17, 15) is 0 Å². The third-order valence-electron chi connectivity index (χ3n) is 2.54. The van der Waals surface area contributed by atoms with E-state index in [-0.39, 0.29) is 0 Å². The molecule has 0 atom stereocenters. The Kier molecular flexibility index (Phi) is 3.92. The number of nitrogens with one attached hydrogen (secondary N) is 1. The Balaban J connectivity index is 2.07. The molecule has 0 radical (unpaired) electrons. The van der Waals surface area contributed by atoms with Gasteiger partial charge in [-0.25, -0.2) is 0 Å². The summed E-state index contributed by atoms with van der Waals surface area (Å²) in [7, 11) is 0. The topological polar surface area (TPSA) is 24.9 Å². The summed E-state index contributed by atoms with van der Waals surface area (Å²) in [6.07, 6.45) is 3.79. The van der Waals surface area contributed by atoms with Gasteiger partial charge in [0.05, 0.1) is 5.69 Å². The minimum atomic E-state index is 0.851. The van der Waals surface area contributed by atoms with Crippen LogP contribution in [0.15, 0.2) is 73.1 Å². The first-order valence-corrected chi connectivity index (χ1v) is 5.86. The lowest BCUT2D eigenvalue weighted by atomic mass is 10.1. The summed E-state index contributed by atoms with van der Waals surface area (Å²) in [5.74, 6) is 0. The highest BCUT2D eigenvalue weighted by atomic mass is 14.9. The second-order valence-electron chi connectivity index (χ2n) is 4.06. The van der Waals surface area contributed by atoms with E-state index in [4.69, 9.17) is 0 Å². The molecule has 0 unspecified atom stereocenters. The van der Waals surface area contributed by atoms with E-state index in [1.807, 2.05) is 61.5 Å². The molecular formula is C16H16N2. The molecule has 1 aromatic heterocycles. The van der Waals surface area contributed by atoms with Gasteiger partial charge < -0.3 is 5.32 Å². The molecule has 0 saturated carbocycles. The minimum absolute atomic E-state index is 0.851. The predicted molar refractivity (Wildman–Crippen MR) is 77.1 cm³/mol. The van der Waals surface area contributed by atoms with Crippen LogP contribution in [0.1, 0.15) is 12.6 Å². The van der Waals surface area contributed by atoms with Crippen molar-refractivity contribution < 1.29 is 0 Å². The van der Waals surface area contributed by atoms with Gasteiger partial charge >= 0.3 is 0 Å². The number of rotatable bonds is 4. The first-order valence-electron chi connectivity index (χ1n) is 5.86. The van der Waals surface area contributed by atoms with E-state index in [1.165, 1.54) is 0 Å². The summed E-state index contributed by atoms with van der Waals surface area (Å²) >= 11 is 0. The van der Waals surface area contributed by atoms with Gasteiger partial charge in [0.25, 0.3) is 0 Å². The molecule has 0 aliphatic heterocycles. The predicted octanol–water partition coefficient (Wildman–Crippen LogP) is 4.11. The van der Waals surface area contributed by atoms with Gasteiger partial charge in [-0.05, 0) is 42.8 Å². The molecule has 0 bridgehead atoms. The molecule has 0 spiro atoms. The van der Waals surface area contributed by atoms with Gasteiger partial charge in [0.2, 0.25) is 0 Å². The molecule has 0 fully saturated rings. The molecule has 18 heavy (non-hydrogen) atoms. The first kappa shape index (κ1) is 12.1. The summed E-state index contributed by atoms with van der Waals surface area (Å²) < 4.78 is 0. The van der Waals surface area contributed by atoms with E-state index in [0.29, 0.717) is 0 Å². The van der Waals surface area contributed by atoms with Gasteiger partial charge in [-0.2, -0.15) is 0 Å². The van der Waals surface area contributed by atoms with Crippen LogP contribution in [0.25, 0.3) is 5.57 Å².